The van der Waals surface area contributed by atoms with E-state index in [9.17, 15) is 4.79 Å². The van der Waals surface area contributed by atoms with Gasteiger partial charge in [-0.25, -0.2) is 0 Å². The summed E-state index contributed by atoms with van der Waals surface area (Å²) in [6.07, 6.45) is 0.443. The molecule has 1 aromatic rings. The minimum absolute atomic E-state index is 0.0187. The van der Waals surface area contributed by atoms with E-state index in [-0.39, 0.29) is 5.91 Å². The van der Waals surface area contributed by atoms with E-state index in [1.807, 2.05) is 24.3 Å². The maximum atomic E-state index is 11.4. The molecule has 0 radical (unpaired) electrons. The first kappa shape index (κ1) is 17.3. The molecule has 118 valence electrons. The molecule has 0 spiro atoms. The number of para-hydroxylation sites is 2. The highest BCUT2D eigenvalue weighted by Gasteiger charge is 2.02. The summed E-state index contributed by atoms with van der Waals surface area (Å²) in [5, 5.41) is 5.92. The second kappa shape index (κ2) is 10.9. The lowest BCUT2D eigenvalue weighted by atomic mass is 10.3. The molecule has 0 unspecified atom stereocenters. The Kier molecular flexibility index (Phi) is 8.99. The molecular formula is C15H24N2O4. The van der Waals surface area contributed by atoms with Gasteiger partial charge in [0.05, 0.1) is 13.7 Å². The van der Waals surface area contributed by atoms with Crippen LogP contribution in [-0.4, -0.2) is 53.0 Å². The average Bonchev–Trinajstić information content (AvgIpc) is 2.51. The van der Waals surface area contributed by atoms with Crippen LogP contribution in [0.5, 0.6) is 11.5 Å². The Balaban J connectivity index is 2.05. The highest BCUT2D eigenvalue weighted by Crippen LogP contribution is 2.25. The standard InChI is InChI=1S/C15H24N2O4/c1-19-11-10-17-15(18)7-8-16-9-12-21-14-6-4-3-5-13(14)20-2/h3-6,16H,7-12H2,1-2H3,(H,17,18). The first-order chi connectivity index (χ1) is 10.3. The van der Waals surface area contributed by atoms with E-state index in [4.69, 9.17) is 14.2 Å². The lowest BCUT2D eigenvalue weighted by Gasteiger charge is -2.10. The molecule has 0 saturated carbocycles. The van der Waals surface area contributed by atoms with Crippen LogP contribution < -0.4 is 20.1 Å². The smallest absolute Gasteiger partial charge is 0.221 e. The van der Waals surface area contributed by atoms with Gasteiger partial charge in [-0.15, -0.1) is 0 Å². The minimum atomic E-state index is 0.0187. The molecule has 1 aromatic carbocycles. The molecule has 0 atom stereocenters. The fraction of sp³-hybridized carbons (Fsp3) is 0.533. The van der Waals surface area contributed by atoms with Gasteiger partial charge in [0.25, 0.3) is 0 Å². The van der Waals surface area contributed by atoms with Gasteiger partial charge in [0, 0.05) is 33.2 Å². The third-order valence-electron chi connectivity index (χ3n) is 2.76. The van der Waals surface area contributed by atoms with Crippen molar-refractivity contribution in [1.29, 1.82) is 0 Å². The summed E-state index contributed by atoms with van der Waals surface area (Å²) in [6.45, 7) is 2.89. The van der Waals surface area contributed by atoms with E-state index in [1.165, 1.54) is 0 Å². The predicted molar refractivity (Wildman–Crippen MR) is 80.9 cm³/mol. The van der Waals surface area contributed by atoms with Crippen LogP contribution in [-0.2, 0) is 9.53 Å². The number of benzene rings is 1. The van der Waals surface area contributed by atoms with Crippen molar-refractivity contribution >= 4 is 5.91 Å². The van der Waals surface area contributed by atoms with Crippen LogP contribution in [0.1, 0.15) is 6.42 Å². The lowest BCUT2D eigenvalue weighted by molar-refractivity contribution is -0.121. The summed E-state index contributed by atoms with van der Waals surface area (Å²) < 4.78 is 15.7. The minimum Gasteiger partial charge on any atom is -0.493 e. The topological polar surface area (TPSA) is 68.8 Å². The van der Waals surface area contributed by atoms with Gasteiger partial charge >= 0.3 is 0 Å². The van der Waals surface area contributed by atoms with Gasteiger partial charge in [0.1, 0.15) is 6.61 Å². The molecule has 0 aliphatic heterocycles. The molecule has 6 nitrogen and oxygen atoms in total. The van der Waals surface area contributed by atoms with Gasteiger partial charge in [-0.3, -0.25) is 4.79 Å². The van der Waals surface area contributed by atoms with Crippen LogP contribution in [0.25, 0.3) is 0 Å². The maximum absolute atomic E-state index is 11.4. The largest absolute Gasteiger partial charge is 0.493 e. The molecule has 2 N–H and O–H groups in total. The third-order valence-corrected chi connectivity index (χ3v) is 2.76. The van der Waals surface area contributed by atoms with Crippen molar-refractivity contribution < 1.29 is 19.0 Å². The van der Waals surface area contributed by atoms with Crippen molar-refractivity contribution in [3.8, 4) is 11.5 Å². The monoisotopic (exact) mass is 296 g/mol. The molecule has 1 rings (SSSR count). The number of carbonyl (C=O) groups is 1. The fourth-order valence-electron chi connectivity index (χ4n) is 1.68. The van der Waals surface area contributed by atoms with Crippen LogP contribution in [0.3, 0.4) is 0 Å². The van der Waals surface area contributed by atoms with Crippen molar-refractivity contribution in [2.45, 2.75) is 6.42 Å². The van der Waals surface area contributed by atoms with Crippen LogP contribution in [0.15, 0.2) is 24.3 Å². The zero-order valence-electron chi connectivity index (χ0n) is 12.7. The molecule has 0 fully saturated rings. The Morgan fingerprint density at radius 3 is 2.52 bits per heavy atom. The highest BCUT2D eigenvalue weighted by atomic mass is 16.5. The predicted octanol–water partition coefficient (Wildman–Crippen LogP) is 0.816. The van der Waals surface area contributed by atoms with Crippen molar-refractivity contribution in [3.63, 3.8) is 0 Å². The first-order valence-corrected chi connectivity index (χ1v) is 7.00. The number of ether oxygens (including phenoxy) is 3. The molecule has 0 aliphatic rings. The van der Waals surface area contributed by atoms with Gasteiger partial charge in [-0.1, -0.05) is 12.1 Å². The summed E-state index contributed by atoms with van der Waals surface area (Å²) in [7, 11) is 3.22. The van der Waals surface area contributed by atoms with E-state index in [2.05, 4.69) is 10.6 Å². The average molecular weight is 296 g/mol. The van der Waals surface area contributed by atoms with E-state index < -0.39 is 0 Å². The molecule has 0 bridgehead atoms. The van der Waals surface area contributed by atoms with Crippen molar-refractivity contribution in [2.24, 2.45) is 0 Å². The Bertz CT molecular complexity index is 412. The molecule has 6 heteroatoms. The number of methoxy groups -OCH3 is 2. The second-order valence-corrected chi connectivity index (χ2v) is 4.34. The van der Waals surface area contributed by atoms with E-state index in [0.29, 0.717) is 39.3 Å². The first-order valence-electron chi connectivity index (χ1n) is 7.00. The highest BCUT2D eigenvalue weighted by molar-refractivity contribution is 5.75. The summed E-state index contributed by atoms with van der Waals surface area (Å²) >= 11 is 0. The lowest BCUT2D eigenvalue weighted by Crippen LogP contribution is -2.31. The Hall–Kier alpha value is -1.79. The zero-order valence-corrected chi connectivity index (χ0v) is 12.7. The summed E-state index contributed by atoms with van der Waals surface area (Å²) in [4.78, 5) is 11.4. The Morgan fingerprint density at radius 1 is 1.05 bits per heavy atom. The van der Waals surface area contributed by atoms with E-state index >= 15 is 0 Å². The van der Waals surface area contributed by atoms with Gasteiger partial charge in [0.2, 0.25) is 5.91 Å². The molecule has 1 amide bonds. The van der Waals surface area contributed by atoms with E-state index in [0.717, 1.165) is 11.5 Å². The van der Waals surface area contributed by atoms with Gasteiger partial charge in [-0.2, -0.15) is 0 Å². The number of hydrogen-bond donors (Lipinski definition) is 2. The quantitative estimate of drug-likeness (QED) is 0.592. The van der Waals surface area contributed by atoms with Crippen LogP contribution in [0.2, 0.25) is 0 Å². The zero-order chi connectivity index (χ0) is 15.3. The van der Waals surface area contributed by atoms with Gasteiger partial charge in [0.15, 0.2) is 11.5 Å². The van der Waals surface area contributed by atoms with Crippen LogP contribution in [0, 0.1) is 0 Å². The normalized spacial score (nSPS) is 10.2. The van der Waals surface area contributed by atoms with Crippen molar-refractivity contribution in [1.82, 2.24) is 10.6 Å². The number of amides is 1. The summed E-state index contributed by atoms with van der Waals surface area (Å²) in [6, 6.07) is 7.51. The fourth-order valence-corrected chi connectivity index (χ4v) is 1.68. The number of nitrogens with one attached hydrogen (secondary N) is 2. The molecular weight excluding hydrogens is 272 g/mol. The van der Waals surface area contributed by atoms with Crippen LogP contribution >= 0.6 is 0 Å². The number of rotatable bonds is 11. The van der Waals surface area contributed by atoms with Gasteiger partial charge in [-0.05, 0) is 12.1 Å². The molecule has 0 aliphatic carbocycles. The summed E-state index contributed by atoms with van der Waals surface area (Å²) in [5.41, 5.74) is 0. The van der Waals surface area contributed by atoms with Crippen LogP contribution in [0.4, 0.5) is 0 Å². The number of hydrogen-bond acceptors (Lipinski definition) is 5. The molecule has 21 heavy (non-hydrogen) atoms. The second-order valence-electron chi connectivity index (χ2n) is 4.34. The SMILES string of the molecule is COCCNC(=O)CCNCCOc1ccccc1OC. The molecule has 0 aromatic heterocycles. The van der Waals surface area contributed by atoms with Gasteiger partial charge < -0.3 is 24.8 Å². The van der Waals surface area contributed by atoms with Crippen molar-refractivity contribution in [2.75, 3.05) is 47.1 Å². The van der Waals surface area contributed by atoms with E-state index in [1.54, 1.807) is 14.2 Å². The Morgan fingerprint density at radius 2 is 1.81 bits per heavy atom. The molecule has 0 heterocycles. The maximum Gasteiger partial charge on any atom is 0.221 e. The number of carbonyl (C=O) groups excluding carboxylic acids is 1. The van der Waals surface area contributed by atoms with Crippen molar-refractivity contribution in [3.05, 3.63) is 24.3 Å². The Labute approximate surface area is 125 Å². The third kappa shape index (κ3) is 7.53. The molecule has 0 saturated heterocycles. The summed E-state index contributed by atoms with van der Waals surface area (Å²) in [5.74, 6) is 1.46.